The van der Waals surface area contributed by atoms with Crippen LogP contribution in [0, 0.1) is 6.92 Å². The van der Waals surface area contributed by atoms with E-state index < -0.39 is 18.2 Å². The van der Waals surface area contributed by atoms with Gasteiger partial charge in [0.2, 0.25) is 0 Å². The minimum atomic E-state index is -4.75. The highest BCUT2D eigenvalue weighted by molar-refractivity contribution is 6.38. The van der Waals surface area contributed by atoms with Gasteiger partial charge in [0.1, 0.15) is 5.75 Å². The summed E-state index contributed by atoms with van der Waals surface area (Å²) in [6, 6.07) is 19.7. The van der Waals surface area contributed by atoms with Gasteiger partial charge in [-0.2, -0.15) is 0 Å². The molecule has 0 heterocycles. The Bertz CT molecular complexity index is 1090. The fourth-order valence-electron chi connectivity index (χ4n) is 3.15. The van der Waals surface area contributed by atoms with Crippen molar-refractivity contribution in [3.63, 3.8) is 0 Å². The van der Waals surface area contributed by atoms with Gasteiger partial charge >= 0.3 is 18.2 Å². The number of carbonyl (C=O) groups excluding carboxylic acids is 2. The Labute approximate surface area is 183 Å². The van der Waals surface area contributed by atoms with Crippen molar-refractivity contribution in [1.82, 2.24) is 0 Å². The molecular formula is C24H20F3NO4. The van der Waals surface area contributed by atoms with E-state index in [0.29, 0.717) is 16.8 Å². The van der Waals surface area contributed by atoms with Crippen molar-refractivity contribution in [3.8, 4) is 16.9 Å². The number of halogens is 3. The van der Waals surface area contributed by atoms with Crippen molar-refractivity contribution >= 4 is 17.6 Å². The van der Waals surface area contributed by atoms with E-state index in [4.69, 9.17) is 0 Å². The van der Waals surface area contributed by atoms with Crippen molar-refractivity contribution in [1.29, 1.82) is 0 Å². The van der Waals surface area contributed by atoms with E-state index in [1.807, 2.05) is 31.2 Å². The Morgan fingerprint density at radius 1 is 0.906 bits per heavy atom. The molecule has 166 valence electrons. The normalized spacial score (nSPS) is 11.0. The highest BCUT2D eigenvalue weighted by Crippen LogP contribution is 2.28. The maximum atomic E-state index is 12.6. The fourth-order valence-corrected chi connectivity index (χ4v) is 3.15. The first kappa shape index (κ1) is 22.9. The summed E-state index contributed by atoms with van der Waals surface area (Å²) in [5, 5.41) is 0. The van der Waals surface area contributed by atoms with Gasteiger partial charge in [0.05, 0.1) is 13.7 Å². The summed E-state index contributed by atoms with van der Waals surface area (Å²) in [5.41, 5.74) is 3.71. The van der Waals surface area contributed by atoms with E-state index in [-0.39, 0.29) is 12.3 Å². The lowest BCUT2D eigenvalue weighted by molar-refractivity contribution is -0.274. The molecule has 5 nitrogen and oxygen atoms in total. The molecule has 0 radical (unpaired) electrons. The SMILES string of the molecule is COC(=O)C(=O)N(Cc1cccc(C)c1)c1ccc(-c2ccc(OC(F)(F)F)cc2)cc1. The van der Waals surface area contributed by atoms with Crippen LogP contribution in [0.3, 0.4) is 0 Å². The molecule has 0 saturated heterocycles. The molecule has 0 aliphatic rings. The molecule has 3 aromatic rings. The van der Waals surface area contributed by atoms with Gasteiger partial charge in [-0.3, -0.25) is 9.69 Å². The molecular weight excluding hydrogens is 423 g/mol. The lowest BCUT2D eigenvalue weighted by Gasteiger charge is -2.22. The minimum Gasteiger partial charge on any atom is -0.462 e. The van der Waals surface area contributed by atoms with Gasteiger partial charge < -0.3 is 9.47 Å². The molecule has 0 N–H and O–H groups in total. The highest BCUT2D eigenvalue weighted by atomic mass is 19.4. The van der Waals surface area contributed by atoms with E-state index in [0.717, 1.165) is 18.2 Å². The van der Waals surface area contributed by atoms with Gasteiger partial charge in [-0.1, -0.05) is 54.1 Å². The Morgan fingerprint density at radius 3 is 2.03 bits per heavy atom. The van der Waals surface area contributed by atoms with Crippen LogP contribution in [0.2, 0.25) is 0 Å². The molecule has 0 saturated carbocycles. The maximum Gasteiger partial charge on any atom is 0.573 e. The van der Waals surface area contributed by atoms with Gasteiger partial charge in [-0.05, 0) is 47.9 Å². The van der Waals surface area contributed by atoms with Crippen LogP contribution in [0.1, 0.15) is 11.1 Å². The van der Waals surface area contributed by atoms with Crippen molar-refractivity contribution in [2.75, 3.05) is 12.0 Å². The Hall–Kier alpha value is -3.81. The second-order valence-corrected chi connectivity index (χ2v) is 6.99. The van der Waals surface area contributed by atoms with E-state index in [2.05, 4.69) is 9.47 Å². The monoisotopic (exact) mass is 443 g/mol. The summed E-state index contributed by atoms with van der Waals surface area (Å²) < 4.78 is 45.4. The third kappa shape index (κ3) is 5.87. The smallest absolute Gasteiger partial charge is 0.462 e. The first-order valence-corrected chi connectivity index (χ1v) is 9.58. The van der Waals surface area contributed by atoms with Crippen molar-refractivity contribution in [2.45, 2.75) is 19.8 Å². The van der Waals surface area contributed by atoms with E-state index in [1.165, 1.54) is 29.2 Å². The number of rotatable bonds is 5. The number of aryl methyl sites for hydroxylation is 1. The number of ether oxygens (including phenoxy) is 2. The van der Waals surface area contributed by atoms with Gasteiger partial charge in [0.25, 0.3) is 0 Å². The second kappa shape index (κ2) is 9.55. The standard InChI is InChI=1S/C24H20F3NO4/c1-16-4-3-5-17(14-16)15-28(22(29)23(30)31-2)20-10-6-18(7-11-20)19-8-12-21(13-9-19)32-24(25,26)27/h3-14H,15H2,1-2H3. The number of amides is 1. The molecule has 0 spiro atoms. The number of hydrogen-bond acceptors (Lipinski definition) is 4. The number of methoxy groups -OCH3 is 1. The van der Waals surface area contributed by atoms with Gasteiger partial charge in [-0.25, -0.2) is 4.79 Å². The molecule has 0 bridgehead atoms. The number of carbonyl (C=O) groups is 2. The number of nitrogens with zero attached hydrogens (tertiary/aromatic N) is 1. The maximum absolute atomic E-state index is 12.6. The van der Waals surface area contributed by atoms with Crippen molar-refractivity contribution in [2.24, 2.45) is 0 Å². The zero-order chi connectivity index (χ0) is 23.3. The molecule has 3 rings (SSSR count). The Balaban J connectivity index is 1.85. The van der Waals surface area contributed by atoms with E-state index in [9.17, 15) is 22.8 Å². The first-order chi connectivity index (χ1) is 15.2. The van der Waals surface area contributed by atoms with Crippen LogP contribution in [-0.4, -0.2) is 25.3 Å². The van der Waals surface area contributed by atoms with Crippen LogP contribution >= 0.6 is 0 Å². The summed E-state index contributed by atoms with van der Waals surface area (Å²) in [7, 11) is 1.14. The Kier molecular flexibility index (Phi) is 6.82. The third-order valence-corrected chi connectivity index (χ3v) is 4.63. The average molecular weight is 443 g/mol. The Morgan fingerprint density at radius 2 is 1.50 bits per heavy atom. The molecule has 0 aromatic heterocycles. The van der Waals surface area contributed by atoms with E-state index >= 15 is 0 Å². The van der Waals surface area contributed by atoms with Crippen molar-refractivity contribution in [3.05, 3.63) is 83.9 Å². The van der Waals surface area contributed by atoms with Gasteiger partial charge in [0, 0.05) is 5.69 Å². The third-order valence-electron chi connectivity index (χ3n) is 4.63. The molecule has 32 heavy (non-hydrogen) atoms. The number of anilines is 1. The van der Waals surface area contributed by atoms with Gasteiger partial charge in [-0.15, -0.1) is 13.2 Å². The highest BCUT2D eigenvalue weighted by Gasteiger charge is 2.31. The lowest BCUT2D eigenvalue weighted by Crippen LogP contribution is -2.36. The van der Waals surface area contributed by atoms with Crippen LogP contribution in [0.4, 0.5) is 18.9 Å². The van der Waals surface area contributed by atoms with Gasteiger partial charge in [0.15, 0.2) is 0 Å². The molecule has 3 aromatic carbocycles. The predicted molar refractivity (Wildman–Crippen MR) is 113 cm³/mol. The number of esters is 1. The van der Waals surface area contributed by atoms with Crippen LogP contribution in [0.15, 0.2) is 72.8 Å². The molecule has 0 fully saturated rings. The quantitative estimate of drug-likeness (QED) is 0.398. The summed E-state index contributed by atoms with van der Waals surface area (Å²) in [4.78, 5) is 25.8. The number of alkyl halides is 3. The largest absolute Gasteiger partial charge is 0.573 e. The lowest BCUT2D eigenvalue weighted by atomic mass is 10.0. The molecule has 1 amide bonds. The summed E-state index contributed by atoms with van der Waals surface area (Å²) in [6.07, 6.45) is -4.75. The second-order valence-electron chi connectivity index (χ2n) is 6.99. The molecule has 8 heteroatoms. The van der Waals surface area contributed by atoms with Crippen LogP contribution in [-0.2, 0) is 20.9 Å². The molecule has 0 unspecified atom stereocenters. The van der Waals surface area contributed by atoms with E-state index in [1.54, 1.807) is 24.3 Å². The zero-order valence-corrected chi connectivity index (χ0v) is 17.3. The average Bonchev–Trinajstić information content (AvgIpc) is 2.76. The zero-order valence-electron chi connectivity index (χ0n) is 17.3. The predicted octanol–water partition coefficient (Wildman–Crippen LogP) is 5.27. The topological polar surface area (TPSA) is 55.8 Å². The van der Waals surface area contributed by atoms with Crippen molar-refractivity contribution < 1.29 is 32.2 Å². The fraction of sp³-hybridized carbons (Fsp3) is 0.167. The van der Waals surface area contributed by atoms with Crippen LogP contribution in [0.25, 0.3) is 11.1 Å². The summed E-state index contributed by atoms with van der Waals surface area (Å²) in [6.45, 7) is 2.09. The summed E-state index contributed by atoms with van der Waals surface area (Å²) in [5.74, 6) is -2.11. The van der Waals surface area contributed by atoms with Crippen LogP contribution in [0.5, 0.6) is 5.75 Å². The minimum absolute atomic E-state index is 0.165. The first-order valence-electron chi connectivity index (χ1n) is 9.58. The molecule has 0 aliphatic heterocycles. The summed E-state index contributed by atoms with van der Waals surface area (Å²) >= 11 is 0. The molecule has 0 atom stereocenters. The molecule has 0 aliphatic carbocycles. The number of hydrogen-bond donors (Lipinski definition) is 0. The van der Waals surface area contributed by atoms with Crippen LogP contribution < -0.4 is 9.64 Å². The number of benzene rings is 3.